The zero-order valence-corrected chi connectivity index (χ0v) is 16.1. The molecule has 0 fully saturated rings. The first-order valence-corrected chi connectivity index (χ1v) is 9.54. The first-order valence-electron chi connectivity index (χ1n) is 9.54. The maximum atomic E-state index is 13.1. The van der Waals surface area contributed by atoms with Crippen LogP contribution >= 0.6 is 0 Å². The number of halogens is 1. The number of pyridine rings is 1. The van der Waals surface area contributed by atoms with Crippen LogP contribution in [0.4, 0.5) is 4.39 Å². The van der Waals surface area contributed by atoms with Crippen LogP contribution in [0.3, 0.4) is 0 Å². The number of nitrogens with zero attached hydrogens (tertiary/aromatic N) is 3. The molecule has 4 rings (SSSR count). The summed E-state index contributed by atoms with van der Waals surface area (Å²) in [5, 5.41) is 2.68. The molecule has 0 radical (unpaired) electrons. The summed E-state index contributed by atoms with van der Waals surface area (Å²) in [5.41, 5.74) is 2.02. The molecule has 1 amide bonds. The van der Waals surface area contributed by atoms with E-state index in [2.05, 4.69) is 15.3 Å². The second-order valence-corrected chi connectivity index (χ2v) is 6.81. The maximum Gasteiger partial charge on any atom is 0.283 e. The van der Waals surface area contributed by atoms with Crippen molar-refractivity contribution in [1.82, 2.24) is 19.9 Å². The Morgan fingerprint density at radius 2 is 1.73 bits per heavy atom. The lowest BCUT2D eigenvalue weighted by molar-refractivity contribution is 0.0944. The zero-order valence-electron chi connectivity index (χ0n) is 16.1. The lowest BCUT2D eigenvalue weighted by Gasteiger charge is -2.12. The number of rotatable bonds is 6. The van der Waals surface area contributed by atoms with Crippen molar-refractivity contribution in [3.63, 3.8) is 0 Å². The number of fused-ring (bicyclic) bond motifs is 1. The number of aryl methyl sites for hydroxylation is 2. The number of benzene rings is 2. The molecular formula is C23H19FN4O2. The van der Waals surface area contributed by atoms with Crippen molar-refractivity contribution in [3.8, 4) is 0 Å². The van der Waals surface area contributed by atoms with Gasteiger partial charge in [0.15, 0.2) is 11.3 Å². The molecular weight excluding hydrogens is 383 g/mol. The minimum Gasteiger partial charge on any atom is -0.346 e. The van der Waals surface area contributed by atoms with Crippen molar-refractivity contribution in [2.75, 3.05) is 0 Å². The molecule has 1 N–H and O–H groups in total. The number of hydrogen-bond acceptors (Lipinski definition) is 4. The molecule has 0 aliphatic rings. The molecule has 2 aromatic carbocycles. The van der Waals surface area contributed by atoms with Gasteiger partial charge in [-0.2, -0.15) is 0 Å². The maximum absolute atomic E-state index is 13.1. The molecule has 0 atom stereocenters. The van der Waals surface area contributed by atoms with Gasteiger partial charge in [-0.05, 0) is 41.8 Å². The van der Waals surface area contributed by atoms with E-state index in [0.717, 1.165) is 11.1 Å². The average Bonchev–Trinajstić information content (AvgIpc) is 2.78. The molecule has 0 bridgehead atoms. The van der Waals surface area contributed by atoms with Gasteiger partial charge in [0.25, 0.3) is 11.5 Å². The van der Waals surface area contributed by atoms with Gasteiger partial charge in [-0.25, -0.2) is 14.4 Å². The SMILES string of the molecule is O=C(NCc1ccc(F)cc1)c1nc2cccnc2n(CCc2ccccc2)c1=O. The summed E-state index contributed by atoms with van der Waals surface area (Å²) in [6.07, 6.45) is 2.21. The molecule has 0 saturated heterocycles. The van der Waals surface area contributed by atoms with Crippen LogP contribution in [0, 0.1) is 5.82 Å². The van der Waals surface area contributed by atoms with Gasteiger partial charge in [-0.3, -0.25) is 14.2 Å². The van der Waals surface area contributed by atoms with E-state index < -0.39 is 11.5 Å². The van der Waals surface area contributed by atoms with E-state index in [1.54, 1.807) is 30.5 Å². The molecule has 150 valence electrons. The predicted octanol–water partition coefficient (Wildman–Crippen LogP) is 3.10. The third-order valence-electron chi connectivity index (χ3n) is 4.75. The first-order chi connectivity index (χ1) is 14.6. The number of nitrogens with one attached hydrogen (secondary N) is 1. The van der Waals surface area contributed by atoms with Gasteiger partial charge in [0.05, 0.1) is 0 Å². The molecule has 0 saturated carbocycles. The lowest BCUT2D eigenvalue weighted by atomic mass is 10.1. The van der Waals surface area contributed by atoms with Crippen molar-refractivity contribution in [2.24, 2.45) is 0 Å². The van der Waals surface area contributed by atoms with E-state index in [-0.39, 0.29) is 18.1 Å². The van der Waals surface area contributed by atoms with E-state index in [9.17, 15) is 14.0 Å². The topological polar surface area (TPSA) is 76.9 Å². The van der Waals surface area contributed by atoms with Gasteiger partial charge >= 0.3 is 0 Å². The minimum atomic E-state index is -0.580. The smallest absolute Gasteiger partial charge is 0.283 e. The van der Waals surface area contributed by atoms with Gasteiger partial charge < -0.3 is 5.32 Å². The Morgan fingerprint density at radius 1 is 0.967 bits per heavy atom. The van der Waals surface area contributed by atoms with Crippen LogP contribution in [0.15, 0.2) is 77.7 Å². The third-order valence-corrected chi connectivity index (χ3v) is 4.75. The summed E-state index contributed by atoms with van der Waals surface area (Å²) in [7, 11) is 0. The van der Waals surface area contributed by atoms with Crippen molar-refractivity contribution in [3.05, 3.63) is 106 Å². The highest BCUT2D eigenvalue weighted by Gasteiger charge is 2.18. The molecule has 0 aliphatic heterocycles. The van der Waals surface area contributed by atoms with Crippen molar-refractivity contribution in [2.45, 2.75) is 19.5 Å². The quantitative estimate of drug-likeness (QED) is 0.538. The first kappa shape index (κ1) is 19.4. The Kier molecular flexibility index (Phi) is 5.61. The summed E-state index contributed by atoms with van der Waals surface area (Å²) >= 11 is 0. The second kappa shape index (κ2) is 8.65. The normalized spacial score (nSPS) is 10.8. The molecule has 6 nitrogen and oxygen atoms in total. The van der Waals surface area contributed by atoms with Crippen LogP contribution in [-0.4, -0.2) is 20.4 Å². The Labute approximate surface area is 172 Å². The summed E-state index contributed by atoms with van der Waals surface area (Å²) in [4.78, 5) is 34.3. The number of carbonyl (C=O) groups excluding carboxylic acids is 1. The highest BCUT2D eigenvalue weighted by molar-refractivity contribution is 5.93. The standard InChI is InChI=1S/C23H19FN4O2/c24-18-10-8-17(9-11-18)15-26-22(29)20-23(30)28(14-12-16-5-2-1-3-6-16)21-19(27-20)7-4-13-25-21/h1-11,13H,12,14-15H2,(H,26,29). The van der Waals surface area contributed by atoms with Crippen molar-refractivity contribution < 1.29 is 9.18 Å². The minimum absolute atomic E-state index is 0.162. The van der Waals surface area contributed by atoms with Crippen LogP contribution in [0.2, 0.25) is 0 Å². The van der Waals surface area contributed by atoms with Crippen LogP contribution in [0.25, 0.3) is 11.2 Å². The molecule has 4 aromatic rings. The van der Waals surface area contributed by atoms with Crippen molar-refractivity contribution in [1.29, 1.82) is 0 Å². The average molecular weight is 402 g/mol. The van der Waals surface area contributed by atoms with E-state index in [1.807, 2.05) is 30.3 Å². The largest absolute Gasteiger partial charge is 0.346 e. The van der Waals surface area contributed by atoms with Gasteiger partial charge in [-0.1, -0.05) is 42.5 Å². The predicted molar refractivity (Wildman–Crippen MR) is 112 cm³/mol. The highest BCUT2D eigenvalue weighted by Crippen LogP contribution is 2.09. The van der Waals surface area contributed by atoms with Gasteiger partial charge in [0.1, 0.15) is 11.3 Å². The zero-order chi connectivity index (χ0) is 20.9. The fraction of sp³-hybridized carbons (Fsp3) is 0.130. The van der Waals surface area contributed by atoms with Gasteiger partial charge in [0, 0.05) is 19.3 Å². The summed E-state index contributed by atoms with van der Waals surface area (Å²) in [6.45, 7) is 0.534. The van der Waals surface area contributed by atoms with Crippen molar-refractivity contribution >= 4 is 17.1 Å². The van der Waals surface area contributed by atoms with E-state index in [1.165, 1.54) is 16.7 Å². The Morgan fingerprint density at radius 3 is 2.50 bits per heavy atom. The summed E-state index contributed by atoms with van der Waals surface area (Å²) in [6, 6.07) is 19.0. The van der Waals surface area contributed by atoms with Crippen LogP contribution < -0.4 is 10.9 Å². The van der Waals surface area contributed by atoms with Crippen LogP contribution in [0.1, 0.15) is 21.6 Å². The number of hydrogen-bond donors (Lipinski definition) is 1. The molecule has 7 heteroatoms. The molecule has 0 aliphatic carbocycles. The molecule has 0 spiro atoms. The van der Waals surface area contributed by atoms with Gasteiger partial charge in [-0.15, -0.1) is 0 Å². The Balaban J connectivity index is 1.62. The van der Waals surface area contributed by atoms with Crippen LogP contribution in [-0.2, 0) is 19.5 Å². The second-order valence-electron chi connectivity index (χ2n) is 6.81. The summed E-state index contributed by atoms with van der Waals surface area (Å²) in [5.74, 6) is -0.932. The number of carbonyl (C=O) groups is 1. The third kappa shape index (κ3) is 4.25. The fourth-order valence-corrected chi connectivity index (χ4v) is 3.19. The highest BCUT2D eigenvalue weighted by atomic mass is 19.1. The van der Waals surface area contributed by atoms with E-state index in [0.29, 0.717) is 24.1 Å². The molecule has 2 heterocycles. The van der Waals surface area contributed by atoms with E-state index >= 15 is 0 Å². The molecule has 0 unspecified atom stereocenters. The molecule has 2 aromatic heterocycles. The fourth-order valence-electron chi connectivity index (χ4n) is 3.19. The van der Waals surface area contributed by atoms with E-state index in [4.69, 9.17) is 0 Å². The Bertz CT molecular complexity index is 1240. The van der Waals surface area contributed by atoms with Gasteiger partial charge in [0.2, 0.25) is 0 Å². The number of aromatic nitrogens is 3. The lowest BCUT2D eigenvalue weighted by Crippen LogP contribution is -2.35. The monoisotopic (exact) mass is 402 g/mol. The van der Waals surface area contributed by atoms with Crippen LogP contribution in [0.5, 0.6) is 0 Å². The number of amides is 1. The molecule has 30 heavy (non-hydrogen) atoms. The summed E-state index contributed by atoms with van der Waals surface area (Å²) < 4.78 is 14.5. The Hall–Kier alpha value is -3.87.